The Hall–Kier alpha value is -4.02. The molecule has 1 amide bonds. The standard InChI is InChI=1S/C28H24FN5O2S2/c1-18-8-10-20(11-9-18)24-16-37-27(30-24)31-25(35)17-38-28-33-32-26(34(28)22-6-4-3-5-7-22)19(2)36-23-14-12-21(29)13-15-23/h3-16,19H,17H2,1-2H3,(H,30,31,35). The molecule has 7 nitrogen and oxygen atoms in total. The number of carbonyl (C=O) groups is 1. The maximum absolute atomic E-state index is 13.3. The number of hydrogen-bond donors (Lipinski definition) is 1. The number of rotatable bonds is 9. The summed E-state index contributed by atoms with van der Waals surface area (Å²) in [5.74, 6) is 0.671. The number of carbonyl (C=O) groups excluding carboxylic acids is 1. The zero-order chi connectivity index (χ0) is 26.5. The van der Waals surface area contributed by atoms with Gasteiger partial charge in [0.2, 0.25) is 5.91 Å². The van der Waals surface area contributed by atoms with E-state index in [1.165, 1.54) is 40.8 Å². The highest BCUT2D eigenvalue weighted by atomic mass is 32.2. The third-order valence-electron chi connectivity index (χ3n) is 5.59. The Morgan fingerprint density at radius 1 is 1.05 bits per heavy atom. The maximum Gasteiger partial charge on any atom is 0.236 e. The largest absolute Gasteiger partial charge is 0.483 e. The van der Waals surface area contributed by atoms with Gasteiger partial charge in [-0.3, -0.25) is 9.36 Å². The Bertz CT molecular complexity index is 1520. The fourth-order valence-corrected chi connectivity index (χ4v) is 5.20. The van der Waals surface area contributed by atoms with Crippen molar-refractivity contribution in [1.82, 2.24) is 19.7 Å². The number of anilines is 1. The molecule has 1 unspecified atom stereocenters. The van der Waals surface area contributed by atoms with Gasteiger partial charge < -0.3 is 10.1 Å². The van der Waals surface area contributed by atoms with Crippen molar-refractivity contribution >= 4 is 34.1 Å². The quantitative estimate of drug-likeness (QED) is 0.207. The lowest BCUT2D eigenvalue weighted by molar-refractivity contribution is -0.113. The molecule has 0 fully saturated rings. The Morgan fingerprint density at radius 3 is 2.53 bits per heavy atom. The third kappa shape index (κ3) is 6.09. The number of ether oxygens (including phenoxy) is 1. The highest BCUT2D eigenvalue weighted by Gasteiger charge is 2.22. The summed E-state index contributed by atoms with van der Waals surface area (Å²) in [5.41, 5.74) is 3.84. The molecule has 2 aromatic heterocycles. The number of aromatic nitrogens is 4. The van der Waals surface area contributed by atoms with Crippen LogP contribution in [0.25, 0.3) is 16.9 Å². The van der Waals surface area contributed by atoms with E-state index in [4.69, 9.17) is 4.74 Å². The molecule has 0 radical (unpaired) electrons. The van der Waals surface area contributed by atoms with Crippen LogP contribution in [0.4, 0.5) is 9.52 Å². The average molecular weight is 546 g/mol. The molecule has 1 atom stereocenters. The molecule has 38 heavy (non-hydrogen) atoms. The van der Waals surface area contributed by atoms with E-state index in [0.29, 0.717) is 21.9 Å². The molecule has 0 saturated carbocycles. The fourth-order valence-electron chi connectivity index (χ4n) is 3.70. The summed E-state index contributed by atoms with van der Waals surface area (Å²) in [6, 6.07) is 23.5. The lowest BCUT2D eigenvalue weighted by Crippen LogP contribution is -2.15. The number of hydrogen-bond acceptors (Lipinski definition) is 7. The zero-order valence-electron chi connectivity index (χ0n) is 20.7. The lowest BCUT2D eigenvalue weighted by atomic mass is 10.1. The van der Waals surface area contributed by atoms with Crippen molar-refractivity contribution in [3.8, 4) is 22.7 Å². The molecule has 3 aromatic carbocycles. The number of nitrogens with one attached hydrogen (secondary N) is 1. The van der Waals surface area contributed by atoms with Crippen molar-refractivity contribution in [3.05, 3.63) is 101 Å². The number of para-hydroxylation sites is 1. The first-order chi connectivity index (χ1) is 18.5. The van der Waals surface area contributed by atoms with Crippen LogP contribution in [0, 0.1) is 12.7 Å². The fraction of sp³-hybridized carbons (Fsp3) is 0.143. The van der Waals surface area contributed by atoms with Crippen molar-refractivity contribution in [1.29, 1.82) is 0 Å². The van der Waals surface area contributed by atoms with Crippen LogP contribution >= 0.6 is 23.1 Å². The van der Waals surface area contributed by atoms with Crippen LogP contribution in [0.3, 0.4) is 0 Å². The minimum Gasteiger partial charge on any atom is -0.483 e. The first-order valence-corrected chi connectivity index (χ1v) is 13.7. The predicted molar refractivity (Wildman–Crippen MR) is 148 cm³/mol. The van der Waals surface area contributed by atoms with Crippen LogP contribution in [0.1, 0.15) is 24.4 Å². The van der Waals surface area contributed by atoms with Crippen molar-refractivity contribution in [2.24, 2.45) is 0 Å². The molecule has 0 bridgehead atoms. The second-order valence-corrected chi connectivity index (χ2v) is 10.3. The van der Waals surface area contributed by atoms with Gasteiger partial charge in [-0.2, -0.15) is 0 Å². The van der Waals surface area contributed by atoms with Crippen LogP contribution < -0.4 is 10.1 Å². The molecule has 5 rings (SSSR count). The van der Waals surface area contributed by atoms with Crippen LogP contribution in [0.15, 0.2) is 89.4 Å². The maximum atomic E-state index is 13.3. The summed E-state index contributed by atoms with van der Waals surface area (Å²) in [7, 11) is 0. The van der Waals surface area contributed by atoms with Crippen LogP contribution in [-0.4, -0.2) is 31.4 Å². The number of amides is 1. The van der Waals surface area contributed by atoms with Gasteiger partial charge in [0, 0.05) is 16.6 Å². The van der Waals surface area contributed by atoms with Gasteiger partial charge in [0.15, 0.2) is 22.2 Å². The van der Waals surface area contributed by atoms with E-state index in [9.17, 15) is 9.18 Å². The Balaban J connectivity index is 1.29. The highest BCUT2D eigenvalue weighted by molar-refractivity contribution is 7.99. The van der Waals surface area contributed by atoms with Crippen LogP contribution in [0.5, 0.6) is 5.75 Å². The van der Waals surface area contributed by atoms with Crippen molar-refractivity contribution in [2.75, 3.05) is 11.1 Å². The zero-order valence-corrected chi connectivity index (χ0v) is 22.3. The number of nitrogens with zero attached hydrogens (tertiary/aromatic N) is 4. The van der Waals surface area contributed by atoms with E-state index in [2.05, 4.69) is 20.5 Å². The van der Waals surface area contributed by atoms with Gasteiger partial charge >= 0.3 is 0 Å². The first-order valence-electron chi connectivity index (χ1n) is 11.8. The lowest BCUT2D eigenvalue weighted by Gasteiger charge is -2.16. The molecular weight excluding hydrogens is 521 g/mol. The Labute approximate surface area is 227 Å². The summed E-state index contributed by atoms with van der Waals surface area (Å²) < 4.78 is 21.2. The smallest absolute Gasteiger partial charge is 0.236 e. The molecule has 0 saturated heterocycles. The molecule has 0 spiro atoms. The molecule has 1 N–H and O–H groups in total. The average Bonchev–Trinajstić information content (AvgIpc) is 3.57. The first kappa shape index (κ1) is 25.6. The van der Waals surface area contributed by atoms with Gasteiger partial charge in [0.25, 0.3) is 0 Å². The Kier molecular flexibility index (Phi) is 7.81. The summed E-state index contributed by atoms with van der Waals surface area (Å²) in [6.07, 6.45) is -0.480. The molecule has 192 valence electrons. The minimum absolute atomic E-state index is 0.123. The number of halogens is 1. The van der Waals surface area contributed by atoms with E-state index >= 15 is 0 Å². The van der Waals surface area contributed by atoms with Crippen molar-refractivity contribution in [3.63, 3.8) is 0 Å². The molecule has 0 aliphatic rings. The van der Waals surface area contributed by atoms with Gasteiger partial charge in [-0.25, -0.2) is 9.37 Å². The van der Waals surface area contributed by atoms with Gasteiger partial charge in [0.05, 0.1) is 11.4 Å². The molecule has 10 heteroatoms. The van der Waals surface area contributed by atoms with Crippen LogP contribution in [-0.2, 0) is 4.79 Å². The molecule has 0 aliphatic carbocycles. The highest BCUT2D eigenvalue weighted by Crippen LogP contribution is 2.29. The monoisotopic (exact) mass is 545 g/mol. The van der Waals surface area contributed by atoms with Gasteiger partial charge in [-0.1, -0.05) is 59.8 Å². The summed E-state index contributed by atoms with van der Waals surface area (Å²) >= 11 is 2.65. The molecule has 2 heterocycles. The number of thiazole rings is 1. The van der Waals surface area contributed by atoms with Crippen LogP contribution in [0.2, 0.25) is 0 Å². The number of thioether (sulfide) groups is 1. The Morgan fingerprint density at radius 2 is 1.79 bits per heavy atom. The normalized spacial score (nSPS) is 11.8. The predicted octanol–water partition coefficient (Wildman–Crippen LogP) is 6.71. The van der Waals surface area contributed by atoms with Crippen molar-refractivity contribution in [2.45, 2.75) is 25.1 Å². The summed E-state index contributed by atoms with van der Waals surface area (Å²) in [6.45, 7) is 3.89. The van der Waals surface area contributed by atoms with Crippen molar-refractivity contribution < 1.29 is 13.9 Å². The third-order valence-corrected chi connectivity index (χ3v) is 7.28. The molecular formula is C28H24FN5O2S2. The van der Waals surface area contributed by atoms with E-state index in [-0.39, 0.29) is 17.5 Å². The van der Waals surface area contributed by atoms with E-state index in [1.807, 2.05) is 78.4 Å². The summed E-state index contributed by atoms with van der Waals surface area (Å²) in [4.78, 5) is 17.3. The molecule has 5 aromatic rings. The molecule has 0 aliphatic heterocycles. The summed E-state index contributed by atoms with van der Waals surface area (Å²) in [5, 5.41) is 14.6. The number of benzene rings is 3. The topological polar surface area (TPSA) is 81.9 Å². The van der Waals surface area contributed by atoms with E-state index in [1.54, 1.807) is 12.1 Å². The second-order valence-electron chi connectivity index (χ2n) is 8.47. The van der Waals surface area contributed by atoms with E-state index in [0.717, 1.165) is 16.9 Å². The van der Waals surface area contributed by atoms with Gasteiger partial charge in [-0.05, 0) is 50.2 Å². The van der Waals surface area contributed by atoms with Gasteiger partial charge in [-0.15, -0.1) is 21.5 Å². The number of aryl methyl sites for hydroxylation is 1. The van der Waals surface area contributed by atoms with Gasteiger partial charge in [0.1, 0.15) is 11.6 Å². The van der Waals surface area contributed by atoms with E-state index < -0.39 is 6.10 Å². The second kappa shape index (κ2) is 11.6. The SMILES string of the molecule is Cc1ccc(-c2csc(NC(=O)CSc3nnc(C(C)Oc4ccc(F)cc4)n3-c3ccccc3)n2)cc1. The minimum atomic E-state index is -0.480.